The maximum absolute atomic E-state index is 11.8. The number of carbonyl (C=O) groups is 1. The molecule has 1 amide bonds. The fourth-order valence-corrected chi connectivity index (χ4v) is 1.43. The van der Waals surface area contributed by atoms with Crippen molar-refractivity contribution >= 4 is 6.09 Å². The van der Waals surface area contributed by atoms with Crippen LogP contribution in [0.4, 0.5) is 4.79 Å². The number of hydrogen-bond acceptors (Lipinski definition) is 4. The lowest BCUT2D eigenvalue weighted by Gasteiger charge is -2.33. The van der Waals surface area contributed by atoms with Gasteiger partial charge in [-0.25, -0.2) is 4.79 Å². The molecule has 0 aromatic rings. The minimum Gasteiger partial charge on any atom is -0.444 e. The second-order valence-electron chi connectivity index (χ2n) is 4.82. The summed E-state index contributed by atoms with van der Waals surface area (Å²) >= 11 is 0. The average Bonchev–Trinajstić information content (AvgIpc) is 2.24. The Morgan fingerprint density at radius 3 is 2.88 bits per heavy atom. The number of carbonyl (C=O) groups excluding carboxylic acids is 1. The number of hydrogen-bond donors (Lipinski definition) is 0. The Labute approximate surface area is 102 Å². The Bertz CT molecular complexity index is 339. The van der Waals surface area contributed by atoms with Crippen molar-refractivity contribution in [3.05, 3.63) is 12.2 Å². The molecule has 1 atom stereocenters. The summed E-state index contributed by atoms with van der Waals surface area (Å²) in [7, 11) is 0. The number of allylic oxidation sites excluding steroid dienone is 1. The number of nitriles is 1. The van der Waals surface area contributed by atoms with Crippen molar-refractivity contribution in [2.75, 3.05) is 19.7 Å². The maximum atomic E-state index is 11.8. The Kier molecular flexibility index (Phi) is 4.53. The second kappa shape index (κ2) is 5.69. The summed E-state index contributed by atoms with van der Waals surface area (Å²) in [6.07, 6.45) is 2.45. The molecule has 94 valence electrons. The summed E-state index contributed by atoms with van der Waals surface area (Å²) in [6, 6.07) is 1.90. The zero-order chi connectivity index (χ0) is 12.9. The van der Waals surface area contributed by atoms with Gasteiger partial charge in [0.2, 0.25) is 0 Å². The number of nitrogens with zero attached hydrogens (tertiary/aromatic N) is 2. The van der Waals surface area contributed by atoms with Gasteiger partial charge in [0.15, 0.2) is 0 Å². The minimum atomic E-state index is -0.493. The highest BCUT2D eigenvalue weighted by atomic mass is 16.6. The van der Waals surface area contributed by atoms with Crippen LogP contribution < -0.4 is 0 Å². The van der Waals surface area contributed by atoms with E-state index in [1.54, 1.807) is 11.0 Å². The van der Waals surface area contributed by atoms with E-state index in [1.807, 2.05) is 26.8 Å². The van der Waals surface area contributed by atoms with E-state index >= 15 is 0 Å². The van der Waals surface area contributed by atoms with Crippen molar-refractivity contribution < 1.29 is 14.3 Å². The van der Waals surface area contributed by atoms with E-state index in [2.05, 4.69) is 0 Å². The molecule has 1 rings (SSSR count). The molecule has 0 aliphatic carbocycles. The molecule has 1 aliphatic rings. The average molecular weight is 238 g/mol. The van der Waals surface area contributed by atoms with Crippen molar-refractivity contribution in [3.8, 4) is 6.07 Å². The Balaban J connectivity index is 2.52. The molecule has 0 spiro atoms. The van der Waals surface area contributed by atoms with E-state index in [-0.39, 0.29) is 12.2 Å². The molecule has 0 unspecified atom stereocenters. The van der Waals surface area contributed by atoms with Gasteiger partial charge in [0, 0.05) is 12.6 Å². The van der Waals surface area contributed by atoms with Gasteiger partial charge in [-0.05, 0) is 26.8 Å². The molecule has 1 aliphatic heterocycles. The molecule has 0 saturated carbocycles. The monoisotopic (exact) mass is 238 g/mol. The second-order valence-corrected chi connectivity index (χ2v) is 4.82. The third-order valence-electron chi connectivity index (χ3n) is 2.13. The predicted octanol–water partition coefficient (Wildman–Crippen LogP) is 1.70. The number of amides is 1. The Hall–Kier alpha value is -1.54. The van der Waals surface area contributed by atoms with E-state index in [9.17, 15) is 4.79 Å². The van der Waals surface area contributed by atoms with Crippen LogP contribution in [-0.4, -0.2) is 42.4 Å². The summed E-state index contributed by atoms with van der Waals surface area (Å²) in [5.74, 6) is 0. The van der Waals surface area contributed by atoms with Gasteiger partial charge < -0.3 is 14.4 Å². The van der Waals surface area contributed by atoms with Gasteiger partial charge in [-0.3, -0.25) is 0 Å². The first kappa shape index (κ1) is 13.5. The van der Waals surface area contributed by atoms with Gasteiger partial charge in [0.05, 0.1) is 25.3 Å². The van der Waals surface area contributed by atoms with Crippen LogP contribution in [0.5, 0.6) is 0 Å². The van der Waals surface area contributed by atoms with Crippen LogP contribution in [-0.2, 0) is 9.47 Å². The zero-order valence-electron chi connectivity index (χ0n) is 10.5. The largest absolute Gasteiger partial charge is 0.444 e. The number of morpholine rings is 1. The summed E-state index contributed by atoms with van der Waals surface area (Å²) < 4.78 is 10.7. The number of rotatable bonds is 1. The quantitative estimate of drug-likeness (QED) is 0.652. The van der Waals surface area contributed by atoms with E-state index in [4.69, 9.17) is 14.7 Å². The third kappa shape index (κ3) is 4.87. The van der Waals surface area contributed by atoms with Crippen molar-refractivity contribution in [2.45, 2.75) is 32.5 Å². The molecular weight excluding hydrogens is 220 g/mol. The van der Waals surface area contributed by atoms with E-state index in [1.165, 1.54) is 6.08 Å². The molecule has 0 bridgehead atoms. The SMILES string of the molecule is CC(C)(C)OC(=O)N1CCO[C@H](/C=C/C#N)C1. The van der Waals surface area contributed by atoms with E-state index in [0.29, 0.717) is 19.7 Å². The summed E-state index contributed by atoms with van der Waals surface area (Å²) in [6.45, 7) is 6.90. The summed E-state index contributed by atoms with van der Waals surface area (Å²) in [4.78, 5) is 13.4. The molecule has 1 fully saturated rings. The first-order valence-corrected chi connectivity index (χ1v) is 5.58. The van der Waals surface area contributed by atoms with E-state index in [0.717, 1.165) is 0 Å². The molecule has 17 heavy (non-hydrogen) atoms. The molecule has 0 aromatic heterocycles. The minimum absolute atomic E-state index is 0.226. The van der Waals surface area contributed by atoms with Crippen LogP contribution in [0, 0.1) is 11.3 Å². The van der Waals surface area contributed by atoms with Crippen molar-refractivity contribution in [2.24, 2.45) is 0 Å². The lowest BCUT2D eigenvalue weighted by molar-refractivity contribution is -0.0263. The van der Waals surface area contributed by atoms with Crippen LogP contribution in [0.25, 0.3) is 0 Å². The highest BCUT2D eigenvalue weighted by molar-refractivity contribution is 5.68. The maximum Gasteiger partial charge on any atom is 0.410 e. The normalized spacial score (nSPS) is 21.3. The van der Waals surface area contributed by atoms with E-state index < -0.39 is 5.60 Å². The molecule has 0 radical (unpaired) electrons. The molecule has 1 heterocycles. The van der Waals surface area contributed by atoms with Gasteiger partial charge in [0.1, 0.15) is 5.60 Å². The van der Waals surface area contributed by atoms with Gasteiger partial charge in [0.25, 0.3) is 0 Å². The fourth-order valence-electron chi connectivity index (χ4n) is 1.43. The van der Waals surface area contributed by atoms with Crippen LogP contribution in [0.3, 0.4) is 0 Å². The van der Waals surface area contributed by atoms with Gasteiger partial charge in [-0.1, -0.05) is 0 Å². The van der Waals surface area contributed by atoms with Crippen LogP contribution in [0.1, 0.15) is 20.8 Å². The molecule has 5 nitrogen and oxygen atoms in total. The summed E-state index contributed by atoms with van der Waals surface area (Å²) in [5, 5.41) is 8.43. The Morgan fingerprint density at radius 1 is 1.59 bits per heavy atom. The highest BCUT2D eigenvalue weighted by Gasteiger charge is 2.26. The molecule has 5 heteroatoms. The van der Waals surface area contributed by atoms with Crippen molar-refractivity contribution in [1.82, 2.24) is 4.90 Å². The first-order valence-electron chi connectivity index (χ1n) is 5.58. The van der Waals surface area contributed by atoms with Gasteiger partial charge >= 0.3 is 6.09 Å². The van der Waals surface area contributed by atoms with Gasteiger partial charge in [-0.2, -0.15) is 5.26 Å². The topological polar surface area (TPSA) is 62.6 Å². The molecule has 0 N–H and O–H groups in total. The fraction of sp³-hybridized carbons (Fsp3) is 0.667. The van der Waals surface area contributed by atoms with Crippen LogP contribution >= 0.6 is 0 Å². The predicted molar refractivity (Wildman–Crippen MR) is 62.3 cm³/mol. The molecular formula is C12H18N2O3. The lowest BCUT2D eigenvalue weighted by atomic mass is 10.2. The molecule has 1 saturated heterocycles. The van der Waals surface area contributed by atoms with Crippen LogP contribution in [0.2, 0.25) is 0 Å². The third-order valence-corrected chi connectivity index (χ3v) is 2.13. The van der Waals surface area contributed by atoms with Crippen LogP contribution in [0.15, 0.2) is 12.2 Å². The molecule has 0 aromatic carbocycles. The first-order chi connectivity index (χ1) is 7.92. The summed E-state index contributed by atoms with van der Waals surface area (Å²) in [5.41, 5.74) is -0.493. The number of ether oxygens (including phenoxy) is 2. The highest BCUT2D eigenvalue weighted by Crippen LogP contribution is 2.13. The Morgan fingerprint density at radius 2 is 2.29 bits per heavy atom. The smallest absolute Gasteiger partial charge is 0.410 e. The lowest BCUT2D eigenvalue weighted by Crippen LogP contribution is -2.46. The van der Waals surface area contributed by atoms with Gasteiger partial charge in [-0.15, -0.1) is 0 Å². The van der Waals surface area contributed by atoms with Crippen molar-refractivity contribution in [1.29, 1.82) is 5.26 Å². The zero-order valence-corrected chi connectivity index (χ0v) is 10.5. The standard InChI is InChI=1S/C12H18N2O3/c1-12(2,3)17-11(15)14-7-8-16-10(9-14)5-4-6-13/h4-5,10H,7-9H2,1-3H3/b5-4+/t10-/m1/s1. The van der Waals surface area contributed by atoms with Crippen molar-refractivity contribution in [3.63, 3.8) is 0 Å².